The van der Waals surface area contributed by atoms with Crippen molar-refractivity contribution in [2.24, 2.45) is 0 Å². The highest BCUT2D eigenvalue weighted by molar-refractivity contribution is 8.05. The van der Waals surface area contributed by atoms with Gasteiger partial charge in [-0.05, 0) is 30.9 Å². The Morgan fingerprint density at radius 1 is 1.60 bits per heavy atom. The Morgan fingerprint density at radius 3 is 2.90 bits per heavy atom. The van der Waals surface area contributed by atoms with Gasteiger partial charge >= 0.3 is 0 Å². The molecule has 0 fully saturated rings. The number of thioether (sulfide) groups is 1. The Morgan fingerprint density at radius 2 is 2.40 bits per heavy atom. The summed E-state index contributed by atoms with van der Waals surface area (Å²) in [5.74, 6) is 0. The molecule has 0 aromatic heterocycles. The standard InChI is InChI=1S/C9H10S/c1-3-4-9-6-5-8(2)10-7-9/h3-4,6-7H,1-2H3. The molecule has 0 saturated carbocycles. The smallest absolute Gasteiger partial charge is 0.0279 e. The highest BCUT2D eigenvalue weighted by atomic mass is 32.2. The van der Waals surface area contributed by atoms with Crippen LogP contribution >= 0.6 is 11.8 Å². The van der Waals surface area contributed by atoms with Crippen LogP contribution in [0.4, 0.5) is 0 Å². The van der Waals surface area contributed by atoms with Gasteiger partial charge in [-0.15, -0.1) is 5.73 Å². The quantitative estimate of drug-likeness (QED) is 0.517. The van der Waals surface area contributed by atoms with Crippen molar-refractivity contribution in [2.45, 2.75) is 13.8 Å². The fourth-order valence-corrected chi connectivity index (χ4v) is 1.28. The lowest BCUT2D eigenvalue weighted by Crippen LogP contribution is -1.73. The minimum atomic E-state index is 1.23. The van der Waals surface area contributed by atoms with Gasteiger partial charge in [0, 0.05) is 4.91 Å². The van der Waals surface area contributed by atoms with Crippen LogP contribution in [0.3, 0.4) is 0 Å². The van der Waals surface area contributed by atoms with E-state index in [2.05, 4.69) is 24.1 Å². The van der Waals surface area contributed by atoms with Crippen molar-refractivity contribution in [3.05, 3.63) is 39.8 Å². The van der Waals surface area contributed by atoms with Crippen LogP contribution in [0.1, 0.15) is 13.8 Å². The van der Waals surface area contributed by atoms with Crippen molar-refractivity contribution >= 4 is 11.8 Å². The minimum absolute atomic E-state index is 1.23. The van der Waals surface area contributed by atoms with Gasteiger partial charge in [-0.3, -0.25) is 0 Å². The molecular weight excluding hydrogens is 140 g/mol. The molecule has 0 aromatic carbocycles. The lowest BCUT2D eigenvalue weighted by atomic mass is 10.2. The Bertz CT molecular complexity index is 237. The predicted octanol–water partition coefficient (Wildman–Crippen LogP) is 3.25. The van der Waals surface area contributed by atoms with E-state index >= 15 is 0 Å². The van der Waals surface area contributed by atoms with E-state index < -0.39 is 0 Å². The van der Waals surface area contributed by atoms with Crippen LogP contribution in [0.25, 0.3) is 0 Å². The SMILES string of the molecule is CC=CC1=CSC(C)=C=C1. The van der Waals surface area contributed by atoms with Crippen molar-refractivity contribution < 1.29 is 0 Å². The summed E-state index contributed by atoms with van der Waals surface area (Å²) in [4.78, 5) is 1.23. The largest absolute Gasteiger partial charge is 0.110 e. The van der Waals surface area contributed by atoms with E-state index in [0.29, 0.717) is 0 Å². The van der Waals surface area contributed by atoms with Gasteiger partial charge in [0.25, 0.3) is 0 Å². The summed E-state index contributed by atoms with van der Waals surface area (Å²) in [6, 6.07) is 0. The van der Waals surface area contributed by atoms with Gasteiger partial charge in [-0.2, -0.15) is 0 Å². The molecule has 0 spiro atoms. The summed E-state index contributed by atoms with van der Waals surface area (Å²) in [7, 11) is 0. The van der Waals surface area contributed by atoms with Crippen molar-refractivity contribution in [3.63, 3.8) is 0 Å². The van der Waals surface area contributed by atoms with E-state index in [1.54, 1.807) is 11.8 Å². The van der Waals surface area contributed by atoms with Crippen LogP contribution in [0.5, 0.6) is 0 Å². The molecular formula is C9H10S. The van der Waals surface area contributed by atoms with Crippen LogP contribution in [0.15, 0.2) is 39.8 Å². The zero-order valence-corrected chi connectivity index (χ0v) is 7.03. The van der Waals surface area contributed by atoms with Crippen molar-refractivity contribution in [2.75, 3.05) is 0 Å². The summed E-state index contributed by atoms with van der Waals surface area (Å²) >= 11 is 1.73. The average Bonchev–Trinajstić information content (AvgIpc) is 1.95. The minimum Gasteiger partial charge on any atom is -0.110 e. The first kappa shape index (κ1) is 7.46. The summed E-state index contributed by atoms with van der Waals surface area (Å²) in [6.07, 6.45) is 6.11. The second kappa shape index (κ2) is 3.50. The van der Waals surface area contributed by atoms with E-state index in [-0.39, 0.29) is 0 Å². The van der Waals surface area contributed by atoms with Gasteiger partial charge in [-0.25, -0.2) is 0 Å². The molecule has 0 nitrogen and oxygen atoms in total. The van der Waals surface area contributed by atoms with E-state index in [1.165, 1.54) is 10.5 Å². The van der Waals surface area contributed by atoms with Gasteiger partial charge in [0.05, 0.1) is 0 Å². The van der Waals surface area contributed by atoms with Gasteiger partial charge in [0.15, 0.2) is 0 Å². The maximum absolute atomic E-state index is 3.15. The number of rotatable bonds is 1. The fourth-order valence-electron chi connectivity index (χ4n) is 0.689. The normalized spacial score (nSPS) is 17.4. The lowest BCUT2D eigenvalue weighted by Gasteiger charge is -1.98. The Kier molecular flexibility index (Phi) is 2.61. The topological polar surface area (TPSA) is 0 Å². The average molecular weight is 150 g/mol. The molecule has 0 aromatic rings. The van der Waals surface area contributed by atoms with E-state index in [0.717, 1.165) is 0 Å². The second-order valence-corrected chi connectivity index (χ2v) is 3.16. The lowest BCUT2D eigenvalue weighted by molar-refractivity contribution is 1.62. The van der Waals surface area contributed by atoms with Gasteiger partial charge in [-0.1, -0.05) is 23.9 Å². The summed E-state index contributed by atoms with van der Waals surface area (Å²) in [6.45, 7) is 4.08. The van der Waals surface area contributed by atoms with Gasteiger partial charge in [0.2, 0.25) is 0 Å². The molecule has 1 aliphatic rings. The molecule has 0 bridgehead atoms. The zero-order chi connectivity index (χ0) is 7.40. The number of hydrogen-bond acceptors (Lipinski definition) is 1. The molecule has 1 heterocycles. The number of allylic oxidation sites excluding steroid dienone is 4. The van der Waals surface area contributed by atoms with Crippen LogP contribution in [0.2, 0.25) is 0 Å². The molecule has 1 heteroatoms. The Balaban J connectivity index is 2.77. The second-order valence-electron chi connectivity index (χ2n) is 2.08. The molecule has 1 aliphatic heterocycles. The molecule has 0 N–H and O–H groups in total. The third kappa shape index (κ3) is 1.94. The molecule has 0 aliphatic carbocycles. The van der Waals surface area contributed by atoms with E-state index in [4.69, 9.17) is 0 Å². The third-order valence-corrected chi connectivity index (χ3v) is 2.03. The molecule has 0 atom stereocenters. The molecule has 0 amide bonds. The fraction of sp³-hybridized carbons (Fsp3) is 0.222. The highest BCUT2D eigenvalue weighted by Gasteiger charge is 1.92. The Labute approximate surface area is 66.0 Å². The monoisotopic (exact) mass is 150 g/mol. The van der Waals surface area contributed by atoms with Crippen molar-refractivity contribution in [1.29, 1.82) is 0 Å². The molecule has 10 heavy (non-hydrogen) atoms. The molecule has 1 rings (SSSR count). The van der Waals surface area contributed by atoms with Crippen molar-refractivity contribution in [1.82, 2.24) is 0 Å². The molecule has 0 saturated heterocycles. The van der Waals surface area contributed by atoms with E-state index in [9.17, 15) is 0 Å². The summed E-state index contributed by atoms with van der Waals surface area (Å²) in [5.41, 5.74) is 4.39. The van der Waals surface area contributed by atoms with E-state index in [1.807, 2.05) is 19.1 Å². The maximum Gasteiger partial charge on any atom is 0.0279 e. The number of hydrogen-bond donors (Lipinski definition) is 0. The van der Waals surface area contributed by atoms with Crippen molar-refractivity contribution in [3.8, 4) is 0 Å². The zero-order valence-electron chi connectivity index (χ0n) is 6.22. The molecule has 0 radical (unpaired) electrons. The third-order valence-electron chi connectivity index (χ3n) is 1.17. The predicted molar refractivity (Wildman–Crippen MR) is 47.8 cm³/mol. The first-order valence-corrected chi connectivity index (χ1v) is 4.13. The molecule has 52 valence electrons. The highest BCUT2D eigenvalue weighted by Crippen LogP contribution is 2.21. The van der Waals surface area contributed by atoms with Crippen LogP contribution in [0, 0.1) is 0 Å². The first-order chi connectivity index (χ1) is 4.83. The summed E-state index contributed by atoms with van der Waals surface area (Å²) < 4.78 is 0. The van der Waals surface area contributed by atoms with Gasteiger partial charge < -0.3 is 0 Å². The first-order valence-electron chi connectivity index (χ1n) is 3.26. The maximum atomic E-state index is 3.15. The van der Waals surface area contributed by atoms with Gasteiger partial charge in [0.1, 0.15) is 0 Å². The Hall–Kier alpha value is -0.650. The molecule has 0 unspecified atom stereocenters. The van der Waals surface area contributed by atoms with Crippen LogP contribution in [-0.4, -0.2) is 0 Å². The van der Waals surface area contributed by atoms with Crippen LogP contribution in [-0.2, 0) is 0 Å². The summed E-state index contributed by atoms with van der Waals surface area (Å²) in [5, 5.41) is 2.13. The van der Waals surface area contributed by atoms with Crippen LogP contribution < -0.4 is 0 Å².